The molecule has 0 aliphatic heterocycles. The first-order chi connectivity index (χ1) is 6.77. The Hall–Kier alpha value is -0.120. The number of hydrogen-bond acceptors (Lipinski definition) is 2. The van der Waals surface area contributed by atoms with Gasteiger partial charge in [0.2, 0.25) is 0 Å². The third-order valence-corrected chi connectivity index (χ3v) is 3.76. The molecule has 0 saturated carbocycles. The van der Waals surface area contributed by atoms with Crippen LogP contribution in [0.1, 0.15) is 30.9 Å². The number of hydrogen-bond donors (Lipinski definition) is 1. The predicted octanol–water partition coefficient (Wildman–Crippen LogP) is 4.13. The molecule has 0 aromatic carbocycles. The number of thiophene rings is 1. The van der Waals surface area contributed by atoms with Crippen molar-refractivity contribution in [2.24, 2.45) is 0 Å². The highest BCUT2D eigenvalue weighted by molar-refractivity contribution is 9.11. The number of rotatable bonds is 6. The lowest BCUT2D eigenvalue weighted by Gasteiger charge is -2.13. The van der Waals surface area contributed by atoms with Crippen LogP contribution in [0.2, 0.25) is 0 Å². The zero-order chi connectivity index (χ0) is 10.4. The predicted molar refractivity (Wildman–Crippen MR) is 67.9 cm³/mol. The van der Waals surface area contributed by atoms with Gasteiger partial charge >= 0.3 is 0 Å². The summed E-state index contributed by atoms with van der Waals surface area (Å²) in [5.74, 6) is 0. The minimum atomic E-state index is 0.484. The fourth-order valence-corrected chi connectivity index (χ4v) is 2.68. The number of allylic oxidation sites excluding steroid dienone is 1. The van der Waals surface area contributed by atoms with Crippen molar-refractivity contribution in [3.63, 3.8) is 0 Å². The molecule has 0 radical (unpaired) electrons. The van der Waals surface area contributed by atoms with Gasteiger partial charge in [0.25, 0.3) is 0 Å². The third kappa shape index (κ3) is 3.56. The van der Waals surface area contributed by atoms with Crippen molar-refractivity contribution < 1.29 is 0 Å². The van der Waals surface area contributed by atoms with E-state index in [1.54, 1.807) is 11.3 Å². The van der Waals surface area contributed by atoms with Gasteiger partial charge in [-0.2, -0.15) is 0 Å². The molecule has 0 saturated heterocycles. The van der Waals surface area contributed by atoms with Crippen LogP contribution >= 0.6 is 27.3 Å². The molecular weight excluding hydrogens is 258 g/mol. The monoisotopic (exact) mass is 273 g/mol. The van der Waals surface area contributed by atoms with Gasteiger partial charge in [0.15, 0.2) is 0 Å². The smallest absolute Gasteiger partial charge is 0.0701 e. The van der Waals surface area contributed by atoms with E-state index in [0.717, 1.165) is 6.42 Å². The van der Waals surface area contributed by atoms with Crippen molar-refractivity contribution in [3.8, 4) is 0 Å². The van der Waals surface area contributed by atoms with E-state index in [1.807, 2.05) is 13.1 Å². The summed E-state index contributed by atoms with van der Waals surface area (Å²) in [6.07, 6.45) is 5.45. The average Bonchev–Trinajstić information content (AvgIpc) is 2.60. The summed E-state index contributed by atoms with van der Waals surface area (Å²) in [5, 5.41) is 5.55. The first-order valence-corrected chi connectivity index (χ1v) is 6.47. The Kier molecular flexibility index (Phi) is 5.45. The Bertz CT molecular complexity index is 283. The van der Waals surface area contributed by atoms with E-state index in [4.69, 9.17) is 0 Å². The summed E-state index contributed by atoms with van der Waals surface area (Å²) in [4.78, 5) is 0. The van der Waals surface area contributed by atoms with Crippen molar-refractivity contribution >= 4 is 27.3 Å². The van der Waals surface area contributed by atoms with Gasteiger partial charge in [-0.05, 0) is 59.2 Å². The van der Waals surface area contributed by atoms with Crippen molar-refractivity contribution in [2.45, 2.75) is 25.3 Å². The van der Waals surface area contributed by atoms with Crippen LogP contribution in [0.15, 0.2) is 27.9 Å². The van der Waals surface area contributed by atoms with Crippen LogP contribution in [0, 0.1) is 0 Å². The van der Waals surface area contributed by atoms with Crippen molar-refractivity contribution in [2.75, 3.05) is 7.05 Å². The van der Waals surface area contributed by atoms with E-state index in [2.05, 4.69) is 39.3 Å². The van der Waals surface area contributed by atoms with E-state index in [1.165, 1.54) is 22.2 Å². The maximum absolute atomic E-state index is 3.73. The van der Waals surface area contributed by atoms with Gasteiger partial charge in [0, 0.05) is 6.04 Å². The Labute approximate surface area is 98.4 Å². The van der Waals surface area contributed by atoms with Crippen molar-refractivity contribution in [3.05, 3.63) is 33.5 Å². The summed E-state index contributed by atoms with van der Waals surface area (Å²) in [6, 6.07) is 2.68. The summed E-state index contributed by atoms with van der Waals surface area (Å²) < 4.78 is 1.21. The Balaban J connectivity index is 2.49. The standard InChI is InChI=1S/C11H16BrNS/c1-3-4-5-6-10(13-2)9-7-11(12)14-8-9/h3,7-8,10,13H,1,4-6H2,2H3. The first kappa shape index (κ1) is 12.0. The molecule has 0 spiro atoms. The topological polar surface area (TPSA) is 12.0 Å². The lowest BCUT2D eigenvalue weighted by molar-refractivity contribution is 0.531. The first-order valence-electron chi connectivity index (χ1n) is 4.80. The van der Waals surface area contributed by atoms with Gasteiger partial charge in [-0.25, -0.2) is 0 Å². The van der Waals surface area contributed by atoms with Crippen LogP contribution in [-0.2, 0) is 0 Å². The molecule has 0 fully saturated rings. The molecule has 0 bridgehead atoms. The minimum Gasteiger partial charge on any atom is -0.313 e. The second-order valence-electron chi connectivity index (χ2n) is 3.24. The van der Waals surface area contributed by atoms with Gasteiger partial charge < -0.3 is 5.32 Å². The second-order valence-corrected chi connectivity index (χ2v) is 5.54. The normalized spacial score (nSPS) is 12.7. The quantitative estimate of drug-likeness (QED) is 0.607. The Morgan fingerprint density at radius 1 is 1.71 bits per heavy atom. The molecule has 0 aliphatic carbocycles. The maximum Gasteiger partial charge on any atom is 0.0701 e. The van der Waals surface area contributed by atoms with Crippen LogP contribution in [-0.4, -0.2) is 7.05 Å². The highest BCUT2D eigenvalue weighted by Gasteiger charge is 2.09. The van der Waals surface area contributed by atoms with E-state index in [0.29, 0.717) is 6.04 Å². The average molecular weight is 274 g/mol. The van der Waals surface area contributed by atoms with E-state index in [9.17, 15) is 0 Å². The van der Waals surface area contributed by atoms with Crippen LogP contribution in [0.5, 0.6) is 0 Å². The molecule has 1 unspecified atom stereocenters. The number of unbranched alkanes of at least 4 members (excludes halogenated alkanes) is 1. The molecule has 3 heteroatoms. The molecule has 0 aliphatic rings. The molecule has 1 heterocycles. The lowest BCUT2D eigenvalue weighted by atomic mass is 10.0. The summed E-state index contributed by atoms with van der Waals surface area (Å²) in [7, 11) is 2.02. The molecule has 1 atom stereocenters. The molecular formula is C11H16BrNS. The molecule has 1 aromatic rings. The molecule has 0 amide bonds. The van der Waals surface area contributed by atoms with E-state index in [-0.39, 0.29) is 0 Å². The molecule has 1 N–H and O–H groups in total. The minimum absolute atomic E-state index is 0.484. The van der Waals surface area contributed by atoms with Gasteiger partial charge in [-0.1, -0.05) is 6.08 Å². The maximum atomic E-state index is 3.73. The van der Waals surface area contributed by atoms with Gasteiger partial charge in [-0.3, -0.25) is 0 Å². The number of halogens is 1. The molecule has 14 heavy (non-hydrogen) atoms. The fourth-order valence-electron chi connectivity index (χ4n) is 1.45. The van der Waals surface area contributed by atoms with Crippen LogP contribution < -0.4 is 5.32 Å². The molecule has 1 rings (SSSR count). The van der Waals surface area contributed by atoms with Crippen LogP contribution in [0.25, 0.3) is 0 Å². The second kappa shape index (κ2) is 6.38. The molecule has 1 aromatic heterocycles. The largest absolute Gasteiger partial charge is 0.313 e. The summed E-state index contributed by atoms with van der Waals surface area (Å²) in [5.41, 5.74) is 1.38. The zero-order valence-electron chi connectivity index (χ0n) is 8.42. The van der Waals surface area contributed by atoms with Gasteiger partial charge in [0.1, 0.15) is 0 Å². The van der Waals surface area contributed by atoms with Crippen LogP contribution in [0.4, 0.5) is 0 Å². The van der Waals surface area contributed by atoms with Gasteiger partial charge in [-0.15, -0.1) is 17.9 Å². The fraction of sp³-hybridized carbons (Fsp3) is 0.455. The van der Waals surface area contributed by atoms with Gasteiger partial charge in [0.05, 0.1) is 3.79 Å². The van der Waals surface area contributed by atoms with E-state index >= 15 is 0 Å². The Morgan fingerprint density at radius 3 is 3.00 bits per heavy atom. The molecule has 78 valence electrons. The third-order valence-electron chi connectivity index (χ3n) is 2.24. The summed E-state index contributed by atoms with van der Waals surface area (Å²) >= 11 is 5.23. The zero-order valence-corrected chi connectivity index (χ0v) is 10.8. The highest BCUT2D eigenvalue weighted by atomic mass is 79.9. The van der Waals surface area contributed by atoms with E-state index < -0.39 is 0 Å². The van der Waals surface area contributed by atoms with Crippen molar-refractivity contribution in [1.82, 2.24) is 5.32 Å². The molecule has 1 nitrogen and oxygen atoms in total. The Morgan fingerprint density at radius 2 is 2.50 bits per heavy atom. The highest BCUT2D eigenvalue weighted by Crippen LogP contribution is 2.27. The summed E-state index contributed by atoms with van der Waals surface area (Å²) in [6.45, 7) is 3.73. The number of nitrogens with one attached hydrogen (secondary N) is 1. The SMILES string of the molecule is C=CCCCC(NC)c1csc(Br)c1. The van der Waals surface area contributed by atoms with Crippen molar-refractivity contribution in [1.29, 1.82) is 0 Å². The lowest BCUT2D eigenvalue weighted by Crippen LogP contribution is -2.15. The van der Waals surface area contributed by atoms with Crippen LogP contribution in [0.3, 0.4) is 0 Å².